The average molecular weight is 789 g/mol. The second-order valence-electron chi connectivity index (χ2n) is 11.3. The smallest absolute Gasteiger partial charge is 0.342 e. The molecule has 0 atom stereocenters. The highest BCUT2D eigenvalue weighted by atomic mass is 35.5. The van der Waals surface area contributed by atoms with E-state index in [0.717, 1.165) is 0 Å². The quantitative estimate of drug-likeness (QED) is 0.131. The van der Waals surface area contributed by atoms with Gasteiger partial charge >= 0.3 is 11.9 Å². The Kier molecular flexibility index (Phi) is 12.6. The first-order valence-corrected chi connectivity index (χ1v) is 17.8. The summed E-state index contributed by atoms with van der Waals surface area (Å²) in [7, 11) is 6.11. The molecule has 0 saturated heterocycles. The average Bonchev–Trinajstić information content (AvgIpc) is 3.71. The fourth-order valence-corrected chi connectivity index (χ4v) is 6.94. The third kappa shape index (κ3) is 6.76. The van der Waals surface area contributed by atoms with E-state index in [4.69, 9.17) is 84.8 Å². The predicted octanol–water partition coefficient (Wildman–Crippen LogP) is 7.93. The van der Waals surface area contributed by atoms with E-state index < -0.39 is 34.9 Å². The van der Waals surface area contributed by atoms with Gasteiger partial charge in [-0.2, -0.15) is 0 Å². The standard InChI is InChI=1S/C36H30N2O8.2CH2Cl2/c1-41-25-17-15-23(19-27(25)43-3)29-35(33(39)45-31(37-35)21-11-7-5-8-12-21)30(24-16-18-26(42-2)28(20-24)44-4)36(29)34(40)46-32(38-36)22-13-9-6-10-14-22;2*2-1-3/h5-20,29-30H,1-4H3;2*1H2. The molecule has 1 saturated carbocycles. The first-order chi connectivity index (χ1) is 25.2. The first-order valence-electron chi connectivity index (χ1n) is 15.7. The van der Waals surface area contributed by atoms with Crippen LogP contribution in [0.4, 0.5) is 0 Å². The lowest BCUT2D eigenvalue weighted by Crippen LogP contribution is -2.73. The maximum atomic E-state index is 14.4. The molecule has 1 fully saturated rings. The Morgan fingerprint density at radius 3 is 1.17 bits per heavy atom. The molecule has 272 valence electrons. The number of carbonyl (C=O) groups is 2. The van der Waals surface area contributed by atoms with E-state index in [2.05, 4.69) is 0 Å². The van der Waals surface area contributed by atoms with Gasteiger partial charge in [-0.05, 0) is 59.7 Å². The van der Waals surface area contributed by atoms with Crippen LogP contribution in [0.1, 0.15) is 34.1 Å². The van der Waals surface area contributed by atoms with Crippen LogP contribution in [0.3, 0.4) is 0 Å². The predicted molar refractivity (Wildman–Crippen MR) is 201 cm³/mol. The van der Waals surface area contributed by atoms with Gasteiger partial charge in [-0.15, -0.1) is 46.4 Å². The van der Waals surface area contributed by atoms with E-state index in [1.54, 1.807) is 36.4 Å². The van der Waals surface area contributed by atoms with Crippen molar-refractivity contribution in [3.05, 3.63) is 119 Å². The van der Waals surface area contributed by atoms with Crippen molar-refractivity contribution in [1.82, 2.24) is 0 Å². The van der Waals surface area contributed by atoms with Crippen LogP contribution in [0.25, 0.3) is 0 Å². The highest BCUT2D eigenvalue weighted by molar-refractivity contribution is 6.41. The van der Waals surface area contributed by atoms with Gasteiger partial charge in [0, 0.05) is 11.1 Å². The number of rotatable bonds is 8. The molecule has 0 N–H and O–H groups in total. The second kappa shape index (κ2) is 16.9. The number of alkyl halides is 4. The van der Waals surface area contributed by atoms with Crippen molar-refractivity contribution in [1.29, 1.82) is 0 Å². The highest BCUT2D eigenvalue weighted by Crippen LogP contribution is 2.70. The second-order valence-corrected chi connectivity index (χ2v) is 12.9. The maximum Gasteiger partial charge on any atom is 0.342 e. The lowest BCUT2D eigenvalue weighted by Gasteiger charge is -2.58. The SMILES string of the molecule is COc1ccc(C2C3(N=C(c4ccccc4)OC3=O)C(c3ccc(OC)c(OC)c3)C23N=C(c2ccccc2)OC3=O)cc1OC.ClCCl.ClCCl. The molecule has 10 nitrogen and oxygen atoms in total. The Morgan fingerprint density at radius 2 is 0.865 bits per heavy atom. The molecule has 1 aliphatic carbocycles. The normalized spacial score (nSPS) is 22.4. The Hall–Kier alpha value is -4.48. The number of aliphatic imine (C=N–C) groups is 2. The fourth-order valence-electron chi connectivity index (χ4n) is 6.94. The Labute approximate surface area is 321 Å². The third-order valence-corrected chi connectivity index (χ3v) is 8.89. The van der Waals surface area contributed by atoms with Crippen molar-refractivity contribution >= 4 is 70.1 Å². The summed E-state index contributed by atoms with van der Waals surface area (Å²) in [6.07, 6.45) is 0. The molecule has 2 heterocycles. The van der Waals surface area contributed by atoms with Crippen LogP contribution >= 0.6 is 46.4 Å². The van der Waals surface area contributed by atoms with Crippen LogP contribution in [-0.4, -0.2) is 73.9 Å². The molecule has 4 aromatic rings. The Balaban J connectivity index is 0.000000817. The van der Waals surface area contributed by atoms with E-state index in [1.165, 1.54) is 28.4 Å². The molecule has 4 aromatic carbocycles. The summed E-state index contributed by atoms with van der Waals surface area (Å²) in [6.45, 7) is 0. The number of methoxy groups -OCH3 is 4. The van der Waals surface area contributed by atoms with Crippen molar-refractivity contribution in [3.8, 4) is 23.0 Å². The van der Waals surface area contributed by atoms with E-state index in [0.29, 0.717) is 45.3 Å². The number of esters is 2. The van der Waals surface area contributed by atoms with Crippen LogP contribution < -0.4 is 18.9 Å². The minimum atomic E-state index is -1.63. The molecule has 0 radical (unpaired) electrons. The molecular formula is C38H34Cl4N2O8. The molecule has 52 heavy (non-hydrogen) atoms. The Bertz CT molecular complexity index is 1810. The number of nitrogens with zero attached hydrogens (tertiary/aromatic N) is 2. The zero-order valence-electron chi connectivity index (χ0n) is 28.5. The van der Waals surface area contributed by atoms with Crippen molar-refractivity contribution in [3.63, 3.8) is 0 Å². The molecule has 0 aromatic heterocycles. The van der Waals surface area contributed by atoms with Crippen LogP contribution in [-0.2, 0) is 19.1 Å². The molecule has 7 rings (SSSR count). The number of carbonyl (C=O) groups excluding carboxylic acids is 2. The van der Waals surface area contributed by atoms with Gasteiger partial charge in [0.2, 0.25) is 11.8 Å². The number of hydrogen-bond acceptors (Lipinski definition) is 10. The van der Waals surface area contributed by atoms with Gasteiger partial charge in [0.15, 0.2) is 34.1 Å². The zero-order valence-corrected chi connectivity index (χ0v) is 31.5. The van der Waals surface area contributed by atoms with Gasteiger partial charge < -0.3 is 28.4 Å². The van der Waals surface area contributed by atoms with Crippen LogP contribution in [0.5, 0.6) is 23.0 Å². The van der Waals surface area contributed by atoms with Crippen LogP contribution in [0, 0.1) is 0 Å². The fraction of sp³-hybridized carbons (Fsp3) is 0.263. The van der Waals surface area contributed by atoms with Gasteiger partial charge in [0.1, 0.15) is 0 Å². The summed E-state index contributed by atoms with van der Waals surface area (Å²) in [4.78, 5) is 39.0. The highest BCUT2D eigenvalue weighted by Gasteiger charge is 2.83. The van der Waals surface area contributed by atoms with E-state index in [1.807, 2.05) is 60.7 Å². The summed E-state index contributed by atoms with van der Waals surface area (Å²) in [6, 6.07) is 28.8. The van der Waals surface area contributed by atoms with Gasteiger partial charge in [-0.1, -0.05) is 48.5 Å². The number of hydrogen-bond donors (Lipinski definition) is 0. The Morgan fingerprint density at radius 1 is 0.538 bits per heavy atom. The molecule has 0 unspecified atom stereocenters. The van der Waals surface area contributed by atoms with Crippen LogP contribution in [0.2, 0.25) is 0 Å². The largest absolute Gasteiger partial charge is 0.493 e. The zero-order chi connectivity index (χ0) is 37.5. The topological polar surface area (TPSA) is 114 Å². The maximum absolute atomic E-state index is 14.4. The molecule has 2 spiro atoms. The van der Waals surface area contributed by atoms with Gasteiger partial charge in [-0.25, -0.2) is 19.6 Å². The summed E-state index contributed by atoms with van der Waals surface area (Å²) >= 11 is 19.1. The first kappa shape index (κ1) is 38.7. The lowest BCUT2D eigenvalue weighted by atomic mass is 9.43. The van der Waals surface area contributed by atoms with Crippen molar-refractivity contribution in [2.24, 2.45) is 9.98 Å². The van der Waals surface area contributed by atoms with Crippen molar-refractivity contribution < 1.29 is 38.0 Å². The summed E-state index contributed by atoms with van der Waals surface area (Å²) in [5.74, 6) is -1.06. The van der Waals surface area contributed by atoms with Gasteiger partial charge in [0.05, 0.1) is 51.0 Å². The number of cyclic esters (lactones) is 2. The minimum Gasteiger partial charge on any atom is -0.493 e. The van der Waals surface area contributed by atoms with Crippen molar-refractivity contribution in [2.45, 2.75) is 22.9 Å². The summed E-state index contributed by atoms with van der Waals surface area (Å²) in [5.41, 5.74) is -0.877. The molecular weight excluding hydrogens is 754 g/mol. The van der Waals surface area contributed by atoms with E-state index >= 15 is 0 Å². The molecule has 14 heteroatoms. The summed E-state index contributed by atoms with van der Waals surface area (Å²) < 4.78 is 34.2. The molecule has 0 amide bonds. The molecule has 0 bridgehead atoms. The van der Waals surface area contributed by atoms with Crippen molar-refractivity contribution in [2.75, 3.05) is 39.1 Å². The lowest BCUT2D eigenvalue weighted by molar-refractivity contribution is -0.158. The minimum absolute atomic E-state index is 0.148. The number of halogens is 4. The molecule has 2 aliphatic heterocycles. The number of ether oxygens (including phenoxy) is 6. The monoisotopic (exact) mass is 786 g/mol. The van der Waals surface area contributed by atoms with E-state index in [-0.39, 0.29) is 22.5 Å². The van der Waals surface area contributed by atoms with Crippen LogP contribution in [0.15, 0.2) is 107 Å². The molecule has 3 aliphatic rings. The van der Waals surface area contributed by atoms with Gasteiger partial charge in [-0.3, -0.25) is 0 Å². The summed E-state index contributed by atoms with van der Waals surface area (Å²) in [5, 5.41) is 0.389. The van der Waals surface area contributed by atoms with Gasteiger partial charge in [0.25, 0.3) is 0 Å². The third-order valence-electron chi connectivity index (χ3n) is 8.89. The number of benzene rings is 4. The van der Waals surface area contributed by atoms with E-state index in [9.17, 15) is 9.59 Å².